The summed E-state index contributed by atoms with van der Waals surface area (Å²) in [6.45, 7) is 2.48. The van der Waals surface area contributed by atoms with Crippen molar-refractivity contribution in [1.29, 1.82) is 0 Å². The summed E-state index contributed by atoms with van der Waals surface area (Å²) >= 11 is 6.04. The summed E-state index contributed by atoms with van der Waals surface area (Å²) in [6.07, 6.45) is 1.51. The molecule has 0 aliphatic carbocycles. The molecule has 0 unspecified atom stereocenters. The average molecular weight is 321 g/mol. The van der Waals surface area contributed by atoms with Crippen LogP contribution < -0.4 is 15.5 Å². The molecule has 0 radical (unpaired) electrons. The first-order valence-corrected chi connectivity index (χ1v) is 7.25. The van der Waals surface area contributed by atoms with Gasteiger partial charge in [0.15, 0.2) is 5.75 Å². The topological polar surface area (TPSA) is 60.3 Å². The third-order valence-corrected chi connectivity index (χ3v) is 3.50. The molecule has 1 amide bonds. The number of nitrogens with one attached hydrogen (secondary N) is 1. The smallest absolute Gasteiger partial charge is 0.268 e. The van der Waals surface area contributed by atoms with Gasteiger partial charge in [-0.2, -0.15) is 0 Å². The van der Waals surface area contributed by atoms with Gasteiger partial charge in [0.2, 0.25) is 5.43 Å². The maximum absolute atomic E-state index is 12.2. The third-order valence-electron chi connectivity index (χ3n) is 3.13. The fourth-order valence-electron chi connectivity index (χ4n) is 2.00. The number of carbonyl (C=O) groups excluding carboxylic acids is 1. The molecule has 0 atom stereocenters. The van der Waals surface area contributed by atoms with E-state index < -0.39 is 0 Å². The SMILES string of the molecule is CCOc1cn(C)c(C(=O)NCc2ccccc2Cl)cc1=O. The lowest BCUT2D eigenvalue weighted by atomic mass is 10.2. The number of ether oxygens (including phenoxy) is 1. The van der Waals surface area contributed by atoms with Crippen molar-refractivity contribution in [1.82, 2.24) is 9.88 Å². The molecule has 1 heterocycles. The van der Waals surface area contributed by atoms with Gasteiger partial charge < -0.3 is 14.6 Å². The Morgan fingerprint density at radius 1 is 1.36 bits per heavy atom. The van der Waals surface area contributed by atoms with Gasteiger partial charge in [-0.25, -0.2) is 0 Å². The quantitative estimate of drug-likeness (QED) is 0.920. The molecule has 1 aromatic carbocycles. The number of amides is 1. The van der Waals surface area contributed by atoms with Gasteiger partial charge in [-0.1, -0.05) is 29.8 Å². The molecule has 0 aliphatic rings. The number of halogens is 1. The molecule has 1 N–H and O–H groups in total. The van der Waals surface area contributed by atoms with Crippen LogP contribution in [0.5, 0.6) is 5.75 Å². The van der Waals surface area contributed by atoms with E-state index >= 15 is 0 Å². The van der Waals surface area contributed by atoms with Crippen molar-refractivity contribution < 1.29 is 9.53 Å². The molecular weight excluding hydrogens is 304 g/mol. The number of pyridine rings is 1. The average Bonchev–Trinajstić information content (AvgIpc) is 2.49. The van der Waals surface area contributed by atoms with Crippen molar-refractivity contribution in [3.05, 3.63) is 63.0 Å². The molecule has 2 aromatic rings. The third kappa shape index (κ3) is 3.68. The van der Waals surface area contributed by atoms with Crippen molar-refractivity contribution in [2.45, 2.75) is 13.5 Å². The van der Waals surface area contributed by atoms with Crippen LogP contribution in [0.25, 0.3) is 0 Å². The summed E-state index contributed by atoms with van der Waals surface area (Å²) in [4.78, 5) is 24.1. The lowest BCUT2D eigenvalue weighted by Gasteiger charge is -2.12. The minimum atomic E-state index is -0.345. The van der Waals surface area contributed by atoms with Gasteiger partial charge in [-0.15, -0.1) is 0 Å². The molecule has 22 heavy (non-hydrogen) atoms. The lowest BCUT2D eigenvalue weighted by molar-refractivity contribution is 0.0941. The molecule has 6 heteroatoms. The van der Waals surface area contributed by atoms with E-state index in [4.69, 9.17) is 16.3 Å². The largest absolute Gasteiger partial charge is 0.488 e. The zero-order valence-corrected chi connectivity index (χ0v) is 13.2. The summed E-state index contributed by atoms with van der Waals surface area (Å²) in [5.74, 6) is -0.116. The summed E-state index contributed by atoms with van der Waals surface area (Å²) in [7, 11) is 1.69. The standard InChI is InChI=1S/C16H17ClN2O3/c1-3-22-15-10-19(2)13(8-14(15)20)16(21)18-9-11-6-4-5-7-12(11)17/h4-8,10H,3,9H2,1-2H3,(H,18,21). The number of nitrogens with zero attached hydrogens (tertiary/aromatic N) is 1. The Morgan fingerprint density at radius 3 is 2.77 bits per heavy atom. The molecule has 0 saturated carbocycles. The highest BCUT2D eigenvalue weighted by Crippen LogP contribution is 2.14. The lowest BCUT2D eigenvalue weighted by Crippen LogP contribution is -2.27. The van der Waals surface area contributed by atoms with Crippen molar-refractivity contribution in [2.75, 3.05) is 6.61 Å². The second kappa shape index (κ2) is 7.13. The monoisotopic (exact) mass is 320 g/mol. The van der Waals surface area contributed by atoms with Crippen LogP contribution >= 0.6 is 11.6 Å². The van der Waals surface area contributed by atoms with Crippen LogP contribution in [0.3, 0.4) is 0 Å². The van der Waals surface area contributed by atoms with Crippen LogP contribution in [0.1, 0.15) is 23.0 Å². The van der Waals surface area contributed by atoms with Gasteiger partial charge in [-0.3, -0.25) is 9.59 Å². The number of carbonyl (C=O) groups is 1. The normalized spacial score (nSPS) is 10.3. The Balaban J connectivity index is 2.15. The molecule has 116 valence electrons. The van der Waals surface area contributed by atoms with Gasteiger partial charge in [0.25, 0.3) is 5.91 Å². The van der Waals surface area contributed by atoms with E-state index in [9.17, 15) is 9.59 Å². The first kappa shape index (κ1) is 16.1. The predicted octanol–water partition coefficient (Wildman–Crippen LogP) is 2.37. The van der Waals surface area contributed by atoms with Gasteiger partial charge in [0, 0.05) is 24.7 Å². The van der Waals surface area contributed by atoms with Gasteiger partial charge in [0.05, 0.1) is 12.8 Å². The van der Waals surface area contributed by atoms with E-state index in [0.717, 1.165) is 5.56 Å². The number of aromatic nitrogens is 1. The van der Waals surface area contributed by atoms with Crippen LogP contribution in [-0.4, -0.2) is 17.1 Å². The molecule has 0 aliphatic heterocycles. The first-order chi connectivity index (χ1) is 10.5. The number of hydrogen-bond acceptors (Lipinski definition) is 3. The fourth-order valence-corrected chi connectivity index (χ4v) is 2.21. The van der Waals surface area contributed by atoms with Gasteiger partial charge in [-0.05, 0) is 18.6 Å². The maximum Gasteiger partial charge on any atom is 0.268 e. The summed E-state index contributed by atoms with van der Waals surface area (Å²) in [5.41, 5.74) is 0.761. The number of benzene rings is 1. The Hall–Kier alpha value is -2.27. The highest BCUT2D eigenvalue weighted by molar-refractivity contribution is 6.31. The molecule has 5 nitrogen and oxygen atoms in total. The van der Waals surface area contributed by atoms with E-state index in [1.54, 1.807) is 24.6 Å². The second-order valence-electron chi connectivity index (χ2n) is 4.71. The van der Waals surface area contributed by atoms with Crippen LogP contribution in [0.2, 0.25) is 5.02 Å². The molecule has 0 fully saturated rings. The van der Waals surface area contributed by atoms with Crippen LogP contribution in [0, 0.1) is 0 Å². The van der Waals surface area contributed by atoms with Gasteiger partial charge in [0.1, 0.15) is 5.69 Å². The minimum Gasteiger partial charge on any atom is -0.488 e. The highest BCUT2D eigenvalue weighted by Gasteiger charge is 2.12. The van der Waals surface area contributed by atoms with E-state index in [2.05, 4.69) is 5.32 Å². The molecular formula is C16H17ClN2O3. The number of hydrogen-bond donors (Lipinski definition) is 1. The zero-order chi connectivity index (χ0) is 16.1. The van der Waals surface area contributed by atoms with E-state index in [-0.39, 0.29) is 22.8 Å². The van der Waals surface area contributed by atoms with Crippen molar-refractivity contribution in [2.24, 2.45) is 7.05 Å². The molecule has 2 rings (SSSR count). The van der Waals surface area contributed by atoms with E-state index in [0.29, 0.717) is 18.2 Å². The zero-order valence-electron chi connectivity index (χ0n) is 12.4. The molecule has 0 saturated heterocycles. The van der Waals surface area contributed by atoms with E-state index in [1.807, 2.05) is 18.2 Å². The van der Waals surface area contributed by atoms with Crippen molar-refractivity contribution in [3.63, 3.8) is 0 Å². The van der Waals surface area contributed by atoms with Crippen LogP contribution in [0.4, 0.5) is 0 Å². The summed E-state index contributed by atoms with van der Waals surface area (Å²) in [6, 6.07) is 8.53. The fraction of sp³-hybridized carbons (Fsp3) is 0.250. The van der Waals surface area contributed by atoms with Crippen LogP contribution in [0.15, 0.2) is 41.3 Å². The van der Waals surface area contributed by atoms with E-state index in [1.165, 1.54) is 12.3 Å². The van der Waals surface area contributed by atoms with Gasteiger partial charge >= 0.3 is 0 Å². The van der Waals surface area contributed by atoms with Crippen LogP contribution in [-0.2, 0) is 13.6 Å². The Kier molecular flexibility index (Phi) is 5.22. The highest BCUT2D eigenvalue weighted by atomic mass is 35.5. The number of rotatable bonds is 5. The Labute approximate surface area is 133 Å². The number of aryl methyl sites for hydroxylation is 1. The summed E-state index contributed by atoms with van der Waals surface area (Å²) < 4.78 is 6.78. The molecule has 0 spiro atoms. The minimum absolute atomic E-state index is 0.229. The second-order valence-corrected chi connectivity index (χ2v) is 5.11. The van der Waals surface area contributed by atoms with Crippen molar-refractivity contribution in [3.8, 4) is 5.75 Å². The maximum atomic E-state index is 12.2. The Bertz CT molecular complexity index is 740. The molecule has 0 bridgehead atoms. The summed E-state index contributed by atoms with van der Waals surface area (Å²) in [5, 5.41) is 3.34. The predicted molar refractivity (Wildman–Crippen MR) is 85.5 cm³/mol. The van der Waals surface area contributed by atoms with Crippen molar-refractivity contribution >= 4 is 17.5 Å². The molecule has 1 aromatic heterocycles. The Morgan fingerprint density at radius 2 is 2.09 bits per heavy atom. The first-order valence-electron chi connectivity index (χ1n) is 6.88.